The highest BCUT2D eigenvalue weighted by atomic mass is 16.7. The molecule has 3 atom stereocenters. The molecule has 216 valence electrons. The van der Waals surface area contributed by atoms with Gasteiger partial charge in [0.15, 0.2) is 6.29 Å². The SMILES string of the molecule is C=CCOC(=O)NCc1ccccc1-c1ccc(C2OC(CN3CCCCC3)CC(c3ccc(CO)cc3)O2)cc1. The molecule has 2 saturated heterocycles. The van der Waals surface area contributed by atoms with E-state index in [1.165, 1.54) is 19.3 Å². The zero-order chi connectivity index (χ0) is 28.4. The number of piperidine rings is 1. The number of likely N-dealkylation sites (tertiary alicyclic amines) is 1. The predicted molar refractivity (Wildman–Crippen MR) is 159 cm³/mol. The lowest BCUT2D eigenvalue weighted by atomic mass is 9.97. The van der Waals surface area contributed by atoms with Crippen molar-refractivity contribution in [2.45, 2.75) is 57.3 Å². The van der Waals surface area contributed by atoms with Crippen LogP contribution in [0.4, 0.5) is 4.79 Å². The minimum absolute atomic E-state index is 0.0278. The zero-order valence-electron chi connectivity index (χ0n) is 23.5. The lowest BCUT2D eigenvalue weighted by molar-refractivity contribution is -0.253. The molecule has 1 amide bonds. The van der Waals surface area contributed by atoms with Gasteiger partial charge in [0.2, 0.25) is 0 Å². The van der Waals surface area contributed by atoms with E-state index in [4.69, 9.17) is 14.2 Å². The fourth-order valence-corrected chi connectivity index (χ4v) is 5.59. The minimum atomic E-state index is -0.480. The third kappa shape index (κ3) is 7.83. The van der Waals surface area contributed by atoms with Crippen LogP contribution in [0, 0.1) is 0 Å². The number of nitrogens with zero attached hydrogens (tertiary/aromatic N) is 1. The van der Waals surface area contributed by atoms with Gasteiger partial charge >= 0.3 is 6.09 Å². The molecule has 3 aromatic rings. The first-order valence-corrected chi connectivity index (χ1v) is 14.6. The fraction of sp³-hybridized carbons (Fsp3) is 0.382. The molecule has 0 spiro atoms. The Kier molecular flexibility index (Phi) is 10.2. The number of hydrogen-bond donors (Lipinski definition) is 2. The summed E-state index contributed by atoms with van der Waals surface area (Å²) in [5, 5.41) is 12.3. The monoisotopic (exact) mass is 556 g/mol. The summed E-state index contributed by atoms with van der Waals surface area (Å²) < 4.78 is 18.2. The van der Waals surface area contributed by atoms with Crippen molar-refractivity contribution in [3.63, 3.8) is 0 Å². The molecule has 0 radical (unpaired) electrons. The van der Waals surface area contributed by atoms with Gasteiger partial charge in [-0.25, -0.2) is 4.79 Å². The van der Waals surface area contributed by atoms with Gasteiger partial charge in [0, 0.05) is 25.1 Å². The maximum absolute atomic E-state index is 11.9. The van der Waals surface area contributed by atoms with Crippen LogP contribution in [0.25, 0.3) is 11.1 Å². The van der Waals surface area contributed by atoms with Crippen LogP contribution in [-0.4, -0.2) is 48.4 Å². The number of ether oxygens (including phenoxy) is 3. The van der Waals surface area contributed by atoms with Gasteiger partial charge in [-0.2, -0.15) is 0 Å². The van der Waals surface area contributed by atoms with Gasteiger partial charge in [0.25, 0.3) is 0 Å². The van der Waals surface area contributed by atoms with Crippen molar-refractivity contribution in [1.82, 2.24) is 10.2 Å². The summed E-state index contributed by atoms with van der Waals surface area (Å²) >= 11 is 0. The number of nitrogens with one attached hydrogen (secondary N) is 1. The van der Waals surface area contributed by atoms with Crippen LogP contribution in [-0.2, 0) is 27.4 Å². The van der Waals surface area contributed by atoms with Gasteiger partial charge in [-0.15, -0.1) is 0 Å². The molecule has 2 heterocycles. The quantitative estimate of drug-likeness (QED) is 0.286. The summed E-state index contributed by atoms with van der Waals surface area (Å²) in [4.78, 5) is 14.5. The first-order chi connectivity index (χ1) is 20.1. The second-order valence-corrected chi connectivity index (χ2v) is 10.7. The lowest BCUT2D eigenvalue weighted by Gasteiger charge is -2.39. The summed E-state index contributed by atoms with van der Waals surface area (Å²) in [5.41, 5.74) is 6.04. The summed E-state index contributed by atoms with van der Waals surface area (Å²) in [6, 6.07) is 24.3. The number of rotatable bonds is 10. The standard InChI is InChI=1S/C34H40N2O5/c1-2-20-39-34(38)35-22-29-8-4-5-9-31(29)26-14-16-28(17-15-26)33-40-30(23-36-18-6-3-7-19-36)21-32(41-33)27-12-10-25(24-37)11-13-27/h2,4-5,8-17,30,32-33,37H,1,3,6-7,18-24H2,(H,35,38). The summed E-state index contributed by atoms with van der Waals surface area (Å²) in [5.74, 6) is 0. The third-order valence-electron chi connectivity index (χ3n) is 7.79. The van der Waals surface area contributed by atoms with Crippen LogP contribution in [0.2, 0.25) is 0 Å². The lowest BCUT2D eigenvalue weighted by Crippen LogP contribution is -2.41. The van der Waals surface area contributed by atoms with Crippen LogP contribution >= 0.6 is 0 Å². The molecule has 0 aromatic heterocycles. The molecule has 7 heteroatoms. The number of carbonyl (C=O) groups is 1. The van der Waals surface area contributed by atoms with Crippen molar-refractivity contribution in [3.05, 3.63) is 108 Å². The molecule has 2 N–H and O–H groups in total. The third-order valence-corrected chi connectivity index (χ3v) is 7.79. The number of amides is 1. The molecule has 7 nitrogen and oxygen atoms in total. The van der Waals surface area contributed by atoms with Crippen LogP contribution in [0.5, 0.6) is 0 Å². The highest BCUT2D eigenvalue weighted by Crippen LogP contribution is 2.39. The Bertz CT molecular complexity index is 1270. The smallest absolute Gasteiger partial charge is 0.407 e. The van der Waals surface area contributed by atoms with E-state index >= 15 is 0 Å². The average Bonchev–Trinajstić information content (AvgIpc) is 3.03. The van der Waals surface area contributed by atoms with Crippen molar-refractivity contribution < 1.29 is 24.1 Å². The van der Waals surface area contributed by atoms with Crippen molar-refractivity contribution in [2.24, 2.45) is 0 Å². The number of hydrogen-bond acceptors (Lipinski definition) is 6. The maximum Gasteiger partial charge on any atom is 0.407 e. The second-order valence-electron chi connectivity index (χ2n) is 10.7. The van der Waals surface area contributed by atoms with Gasteiger partial charge in [-0.3, -0.25) is 0 Å². The number of alkyl carbamates (subject to hydrolysis) is 1. The van der Waals surface area contributed by atoms with Gasteiger partial charge in [0.05, 0.1) is 18.8 Å². The molecule has 41 heavy (non-hydrogen) atoms. The Morgan fingerprint density at radius 2 is 1.71 bits per heavy atom. The van der Waals surface area contributed by atoms with E-state index in [1.807, 2.05) is 30.3 Å². The Morgan fingerprint density at radius 3 is 2.44 bits per heavy atom. The largest absolute Gasteiger partial charge is 0.445 e. The number of carbonyl (C=O) groups excluding carboxylic acids is 1. The van der Waals surface area contributed by atoms with Gasteiger partial charge in [-0.05, 0) is 53.7 Å². The highest BCUT2D eigenvalue weighted by molar-refractivity contribution is 5.70. The fourth-order valence-electron chi connectivity index (χ4n) is 5.59. The predicted octanol–water partition coefficient (Wildman–Crippen LogP) is 6.29. The average molecular weight is 557 g/mol. The van der Waals surface area contributed by atoms with Crippen LogP contribution in [0.3, 0.4) is 0 Å². The second kappa shape index (κ2) is 14.4. The van der Waals surface area contributed by atoms with Crippen LogP contribution in [0.15, 0.2) is 85.5 Å². The number of aliphatic hydroxyl groups excluding tert-OH is 1. The normalized spacial score (nSPS) is 21.2. The minimum Gasteiger partial charge on any atom is -0.445 e. The van der Waals surface area contributed by atoms with E-state index in [0.29, 0.717) is 6.54 Å². The molecule has 3 unspecified atom stereocenters. The summed E-state index contributed by atoms with van der Waals surface area (Å²) in [7, 11) is 0. The first kappa shape index (κ1) is 29.0. The van der Waals surface area contributed by atoms with E-state index in [9.17, 15) is 9.90 Å². The Labute approximate surface area is 242 Å². The zero-order valence-corrected chi connectivity index (χ0v) is 23.5. The Morgan fingerprint density at radius 1 is 0.976 bits per heavy atom. The van der Waals surface area contributed by atoms with E-state index in [0.717, 1.165) is 59.4 Å². The molecule has 2 aliphatic heterocycles. The molecule has 2 fully saturated rings. The van der Waals surface area contributed by atoms with Gasteiger partial charge in [-0.1, -0.05) is 91.9 Å². The van der Waals surface area contributed by atoms with Gasteiger partial charge in [0.1, 0.15) is 6.61 Å². The number of aliphatic hydroxyl groups is 1. The molecular weight excluding hydrogens is 516 g/mol. The molecule has 5 rings (SSSR count). The van der Waals surface area contributed by atoms with Crippen LogP contribution in [0.1, 0.15) is 60.3 Å². The van der Waals surface area contributed by atoms with E-state index in [-0.39, 0.29) is 25.4 Å². The summed E-state index contributed by atoms with van der Waals surface area (Å²) in [6.45, 7) is 7.27. The topological polar surface area (TPSA) is 80.3 Å². The van der Waals surface area contributed by atoms with Crippen molar-refractivity contribution in [1.29, 1.82) is 0 Å². The van der Waals surface area contributed by atoms with E-state index in [1.54, 1.807) is 6.08 Å². The maximum atomic E-state index is 11.9. The van der Waals surface area contributed by atoms with Crippen molar-refractivity contribution in [3.8, 4) is 11.1 Å². The molecule has 0 bridgehead atoms. The van der Waals surface area contributed by atoms with Gasteiger partial charge < -0.3 is 29.5 Å². The molecule has 2 aliphatic rings. The van der Waals surface area contributed by atoms with E-state index < -0.39 is 12.4 Å². The van der Waals surface area contributed by atoms with Crippen LogP contribution < -0.4 is 5.32 Å². The molecule has 0 aliphatic carbocycles. The highest BCUT2D eigenvalue weighted by Gasteiger charge is 2.33. The molecule has 0 saturated carbocycles. The summed E-state index contributed by atoms with van der Waals surface area (Å²) in [6.07, 6.45) is 5.14. The number of benzene rings is 3. The Hall–Kier alpha value is -3.49. The molecule has 3 aromatic carbocycles. The Balaban J connectivity index is 1.32. The van der Waals surface area contributed by atoms with Crippen molar-refractivity contribution in [2.75, 3.05) is 26.2 Å². The molecular formula is C34H40N2O5. The first-order valence-electron chi connectivity index (χ1n) is 14.6. The van der Waals surface area contributed by atoms with Crippen molar-refractivity contribution >= 4 is 6.09 Å². The van der Waals surface area contributed by atoms with E-state index in [2.05, 4.69) is 59.3 Å².